The van der Waals surface area contributed by atoms with Crippen LogP contribution in [0.4, 0.5) is 0 Å². The molecule has 0 aromatic carbocycles. The first-order valence-electron chi connectivity index (χ1n) is 5.64. The van der Waals surface area contributed by atoms with Crippen molar-refractivity contribution in [3.63, 3.8) is 0 Å². The summed E-state index contributed by atoms with van der Waals surface area (Å²) >= 11 is 0. The molecule has 0 aromatic heterocycles. The van der Waals surface area contributed by atoms with Crippen LogP contribution >= 0.6 is 0 Å². The molecule has 0 aromatic rings. The molecule has 3 fully saturated rings. The van der Waals surface area contributed by atoms with Gasteiger partial charge in [-0.3, -0.25) is 0 Å². The summed E-state index contributed by atoms with van der Waals surface area (Å²) in [6.45, 7) is 4.29. The van der Waals surface area contributed by atoms with E-state index in [2.05, 4.69) is 4.90 Å². The number of hydrogen-bond donors (Lipinski definition) is 0. The van der Waals surface area contributed by atoms with Crippen molar-refractivity contribution in [2.24, 2.45) is 17.8 Å². The van der Waals surface area contributed by atoms with E-state index < -0.39 is 0 Å². The molecule has 2 bridgehead atoms. The van der Waals surface area contributed by atoms with E-state index in [1.807, 2.05) is 0 Å². The fourth-order valence-electron chi connectivity index (χ4n) is 3.70. The standard InChI is InChI=1S/C11H19N/c1-2-10-6-9-4-5-12(7-9)8-11(10)3-1/h9-11H,1-8H2. The molecular formula is C11H19N. The zero-order valence-corrected chi connectivity index (χ0v) is 7.84. The number of fused-ring (bicyclic) bond motifs is 3. The van der Waals surface area contributed by atoms with Crippen LogP contribution in [0.5, 0.6) is 0 Å². The van der Waals surface area contributed by atoms with Crippen LogP contribution in [0.1, 0.15) is 32.1 Å². The summed E-state index contributed by atoms with van der Waals surface area (Å²) in [5.41, 5.74) is 0. The Bertz CT molecular complexity index is 160. The smallest absolute Gasteiger partial charge is 0.00124 e. The highest BCUT2D eigenvalue weighted by atomic mass is 15.2. The van der Waals surface area contributed by atoms with Crippen molar-refractivity contribution in [3.05, 3.63) is 0 Å². The second-order valence-corrected chi connectivity index (χ2v) is 5.10. The zero-order chi connectivity index (χ0) is 7.97. The van der Waals surface area contributed by atoms with Gasteiger partial charge in [-0.05, 0) is 43.6 Å². The second kappa shape index (κ2) is 2.73. The van der Waals surface area contributed by atoms with Gasteiger partial charge in [0.2, 0.25) is 0 Å². The Labute approximate surface area is 75.1 Å². The summed E-state index contributed by atoms with van der Waals surface area (Å²) in [4.78, 5) is 2.72. The molecule has 3 rings (SSSR count). The molecule has 2 saturated heterocycles. The molecule has 4 unspecified atom stereocenters. The largest absolute Gasteiger partial charge is 0.303 e. The van der Waals surface area contributed by atoms with Gasteiger partial charge in [-0.25, -0.2) is 0 Å². The lowest BCUT2D eigenvalue weighted by Gasteiger charge is -2.22. The lowest BCUT2D eigenvalue weighted by Crippen LogP contribution is -2.26. The molecule has 0 spiro atoms. The average Bonchev–Trinajstić information content (AvgIpc) is 2.59. The fraction of sp³-hybridized carbons (Fsp3) is 1.00. The van der Waals surface area contributed by atoms with E-state index in [4.69, 9.17) is 0 Å². The molecule has 3 aliphatic rings. The van der Waals surface area contributed by atoms with Crippen molar-refractivity contribution in [2.75, 3.05) is 19.6 Å². The lowest BCUT2D eigenvalue weighted by atomic mass is 9.87. The van der Waals surface area contributed by atoms with Crippen LogP contribution in [0.3, 0.4) is 0 Å². The first kappa shape index (κ1) is 7.37. The first-order chi connectivity index (χ1) is 5.92. The van der Waals surface area contributed by atoms with Crippen LogP contribution in [0.2, 0.25) is 0 Å². The van der Waals surface area contributed by atoms with Gasteiger partial charge in [0.1, 0.15) is 0 Å². The number of rotatable bonds is 0. The Hall–Kier alpha value is -0.0400. The highest BCUT2D eigenvalue weighted by Crippen LogP contribution is 2.41. The fourth-order valence-corrected chi connectivity index (χ4v) is 3.70. The summed E-state index contributed by atoms with van der Waals surface area (Å²) in [5.74, 6) is 3.30. The maximum atomic E-state index is 2.72. The van der Waals surface area contributed by atoms with E-state index in [1.165, 1.54) is 38.9 Å². The van der Waals surface area contributed by atoms with Gasteiger partial charge in [0.25, 0.3) is 0 Å². The summed E-state index contributed by atoms with van der Waals surface area (Å²) in [5, 5.41) is 0. The van der Waals surface area contributed by atoms with Crippen molar-refractivity contribution >= 4 is 0 Å². The van der Waals surface area contributed by atoms with E-state index >= 15 is 0 Å². The summed E-state index contributed by atoms with van der Waals surface area (Å²) in [7, 11) is 0. The highest BCUT2D eigenvalue weighted by molar-refractivity contribution is 4.89. The quantitative estimate of drug-likeness (QED) is 0.531. The van der Waals surface area contributed by atoms with Gasteiger partial charge in [0.15, 0.2) is 0 Å². The Kier molecular flexibility index (Phi) is 1.68. The van der Waals surface area contributed by atoms with E-state index in [9.17, 15) is 0 Å². The predicted molar refractivity (Wildman–Crippen MR) is 50.0 cm³/mol. The monoisotopic (exact) mass is 165 g/mol. The van der Waals surface area contributed by atoms with Crippen molar-refractivity contribution in [2.45, 2.75) is 32.1 Å². The molecule has 2 aliphatic heterocycles. The third-order valence-electron chi connectivity index (χ3n) is 4.32. The zero-order valence-electron chi connectivity index (χ0n) is 7.84. The lowest BCUT2D eigenvalue weighted by molar-refractivity contribution is 0.255. The number of hydrogen-bond acceptors (Lipinski definition) is 1. The molecule has 1 saturated carbocycles. The molecule has 4 atom stereocenters. The molecule has 2 heterocycles. The Morgan fingerprint density at radius 1 is 0.917 bits per heavy atom. The Morgan fingerprint density at radius 2 is 1.83 bits per heavy atom. The summed E-state index contributed by atoms with van der Waals surface area (Å²) in [6, 6.07) is 0. The van der Waals surface area contributed by atoms with Gasteiger partial charge < -0.3 is 4.90 Å². The molecule has 1 heteroatoms. The van der Waals surface area contributed by atoms with E-state index in [1.54, 1.807) is 12.8 Å². The Morgan fingerprint density at radius 3 is 2.83 bits per heavy atom. The maximum Gasteiger partial charge on any atom is 0.00124 e. The van der Waals surface area contributed by atoms with Gasteiger partial charge in [-0.1, -0.05) is 12.8 Å². The average molecular weight is 165 g/mol. The van der Waals surface area contributed by atoms with Crippen LogP contribution < -0.4 is 0 Å². The van der Waals surface area contributed by atoms with E-state index in [-0.39, 0.29) is 0 Å². The Balaban J connectivity index is 1.78. The topological polar surface area (TPSA) is 3.24 Å². The normalized spacial score (nSPS) is 52.0. The molecule has 0 radical (unpaired) electrons. The molecule has 68 valence electrons. The van der Waals surface area contributed by atoms with E-state index in [0.717, 1.165) is 17.8 Å². The van der Waals surface area contributed by atoms with Crippen molar-refractivity contribution < 1.29 is 0 Å². The minimum Gasteiger partial charge on any atom is -0.303 e. The van der Waals surface area contributed by atoms with Gasteiger partial charge in [0, 0.05) is 13.1 Å². The molecular weight excluding hydrogens is 146 g/mol. The van der Waals surface area contributed by atoms with Gasteiger partial charge >= 0.3 is 0 Å². The minimum absolute atomic E-state index is 1.08. The van der Waals surface area contributed by atoms with Gasteiger partial charge in [0.05, 0.1) is 0 Å². The van der Waals surface area contributed by atoms with Crippen LogP contribution in [-0.4, -0.2) is 24.5 Å². The first-order valence-corrected chi connectivity index (χ1v) is 5.64. The number of nitrogens with zero attached hydrogens (tertiary/aromatic N) is 1. The van der Waals surface area contributed by atoms with Crippen LogP contribution in [0.25, 0.3) is 0 Å². The van der Waals surface area contributed by atoms with Gasteiger partial charge in [-0.2, -0.15) is 0 Å². The van der Waals surface area contributed by atoms with Crippen LogP contribution in [-0.2, 0) is 0 Å². The SMILES string of the molecule is C1CC2CC3CCN(C3)CC2C1. The third kappa shape index (κ3) is 1.10. The minimum atomic E-state index is 1.08. The second-order valence-electron chi connectivity index (χ2n) is 5.10. The molecule has 12 heavy (non-hydrogen) atoms. The molecule has 0 amide bonds. The molecule has 1 nitrogen and oxygen atoms in total. The summed E-state index contributed by atoms with van der Waals surface area (Å²) < 4.78 is 0. The van der Waals surface area contributed by atoms with Gasteiger partial charge in [-0.15, -0.1) is 0 Å². The van der Waals surface area contributed by atoms with Crippen molar-refractivity contribution in [1.29, 1.82) is 0 Å². The van der Waals surface area contributed by atoms with Crippen molar-refractivity contribution in [3.8, 4) is 0 Å². The third-order valence-corrected chi connectivity index (χ3v) is 4.32. The van der Waals surface area contributed by atoms with Crippen molar-refractivity contribution in [1.82, 2.24) is 4.90 Å². The summed E-state index contributed by atoms with van der Waals surface area (Å²) in [6.07, 6.45) is 7.68. The molecule has 0 N–H and O–H groups in total. The van der Waals surface area contributed by atoms with E-state index in [0.29, 0.717) is 0 Å². The maximum absolute atomic E-state index is 2.72. The van der Waals surface area contributed by atoms with Crippen LogP contribution in [0, 0.1) is 17.8 Å². The molecule has 1 aliphatic carbocycles. The van der Waals surface area contributed by atoms with Crippen LogP contribution in [0.15, 0.2) is 0 Å². The predicted octanol–water partition coefficient (Wildman–Crippen LogP) is 2.13. The highest BCUT2D eigenvalue weighted by Gasteiger charge is 2.37.